The van der Waals surface area contributed by atoms with Crippen LogP contribution in [0.25, 0.3) is 6.08 Å². The van der Waals surface area contributed by atoms with Crippen LogP contribution in [0.2, 0.25) is 0 Å². The highest BCUT2D eigenvalue weighted by Gasteiger charge is 2.11. The molecule has 0 fully saturated rings. The number of rotatable bonds is 7. The Morgan fingerprint density at radius 2 is 1.92 bits per heavy atom. The first-order chi connectivity index (χ1) is 12.0. The lowest BCUT2D eigenvalue weighted by molar-refractivity contribution is -0.141. The van der Waals surface area contributed by atoms with Crippen LogP contribution in [0, 0.1) is 0 Å². The van der Waals surface area contributed by atoms with Gasteiger partial charge in [0, 0.05) is 6.08 Å². The third-order valence-corrected chi connectivity index (χ3v) is 3.83. The Hall–Kier alpha value is -2.27. The summed E-state index contributed by atoms with van der Waals surface area (Å²) >= 11 is 3.50. The molecule has 0 atom stereocenters. The predicted molar refractivity (Wildman–Crippen MR) is 102 cm³/mol. The zero-order valence-electron chi connectivity index (χ0n) is 14.5. The summed E-state index contributed by atoms with van der Waals surface area (Å²) in [5.74, 6) is 0.824. The van der Waals surface area contributed by atoms with E-state index in [1.165, 1.54) is 6.08 Å². The highest BCUT2D eigenvalue weighted by Crippen LogP contribution is 2.37. The minimum atomic E-state index is -0.380. The summed E-state index contributed by atoms with van der Waals surface area (Å²) in [5.41, 5.74) is 1.87. The Morgan fingerprint density at radius 3 is 2.56 bits per heavy atom. The number of halogens is 1. The van der Waals surface area contributed by atoms with Crippen molar-refractivity contribution in [3.63, 3.8) is 0 Å². The summed E-state index contributed by atoms with van der Waals surface area (Å²) in [6.07, 6.45) is 2.93. The van der Waals surface area contributed by atoms with E-state index in [-0.39, 0.29) is 12.1 Å². The van der Waals surface area contributed by atoms with Crippen LogP contribution >= 0.6 is 15.9 Å². The standard InChI is InChI=1S/C20H21BrO4/c1-14(2)25-19(22)10-9-16-11-17(21)20(18(12-16)23-3)24-13-15-7-5-4-6-8-15/h4-12,14H,13H2,1-3H3/b10-9+. The van der Waals surface area contributed by atoms with Crippen molar-refractivity contribution in [1.82, 2.24) is 0 Å². The van der Waals surface area contributed by atoms with Gasteiger partial charge >= 0.3 is 5.97 Å². The number of ether oxygens (including phenoxy) is 3. The number of benzene rings is 2. The molecule has 0 aliphatic carbocycles. The van der Waals surface area contributed by atoms with Gasteiger partial charge in [0.2, 0.25) is 0 Å². The lowest BCUT2D eigenvalue weighted by Gasteiger charge is -2.13. The Balaban J connectivity index is 2.14. The normalized spacial score (nSPS) is 10.9. The molecule has 0 spiro atoms. The van der Waals surface area contributed by atoms with Crippen LogP contribution in [0.1, 0.15) is 25.0 Å². The largest absolute Gasteiger partial charge is 0.493 e. The Morgan fingerprint density at radius 1 is 1.20 bits per heavy atom. The lowest BCUT2D eigenvalue weighted by atomic mass is 10.2. The quantitative estimate of drug-likeness (QED) is 0.480. The number of carbonyl (C=O) groups excluding carboxylic acids is 1. The Labute approximate surface area is 156 Å². The molecule has 4 nitrogen and oxygen atoms in total. The molecule has 0 unspecified atom stereocenters. The minimum absolute atomic E-state index is 0.146. The lowest BCUT2D eigenvalue weighted by Crippen LogP contribution is -2.08. The van der Waals surface area contributed by atoms with Gasteiger partial charge in [-0.05, 0) is 59.1 Å². The topological polar surface area (TPSA) is 44.8 Å². The number of hydrogen-bond acceptors (Lipinski definition) is 4. The molecule has 0 saturated carbocycles. The average molecular weight is 405 g/mol. The summed E-state index contributed by atoms with van der Waals surface area (Å²) in [6.45, 7) is 4.06. The van der Waals surface area contributed by atoms with E-state index in [1.807, 2.05) is 56.3 Å². The van der Waals surface area contributed by atoms with Crippen LogP contribution in [0.15, 0.2) is 53.0 Å². The van der Waals surface area contributed by atoms with Gasteiger partial charge in [-0.25, -0.2) is 4.79 Å². The Bertz CT molecular complexity index is 739. The number of esters is 1. The molecule has 5 heteroatoms. The van der Waals surface area contributed by atoms with E-state index in [0.29, 0.717) is 18.1 Å². The number of methoxy groups -OCH3 is 1. The van der Waals surface area contributed by atoms with E-state index in [9.17, 15) is 4.79 Å². The third kappa shape index (κ3) is 5.94. The van der Waals surface area contributed by atoms with E-state index < -0.39 is 0 Å². The SMILES string of the molecule is COc1cc(/C=C/C(=O)OC(C)C)cc(Br)c1OCc1ccccc1. The summed E-state index contributed by atoms with van der Waals surface area (Å²) in [7, 11) is 1.58. The van der Waals surface area contributed by atoms with Gasteiger partial charge in [0.25, 0.3) is 0 Å². The fourth-order valence-corrected chi connectivity index (χ4v) is 2.72. The van der Waals surface area contributed by atoms with Crippen molar-refractivity contribution in [3.05, 3.63) is 64.1 Å². The van der Waals surface area contributed by atoms with Crippen molar-refractivity contribution in [2.45, 2.75) is 26.6 Å². The zero-order chi connectivity index (χ0) is 18.2. The smallest absolute Gasteiger partial charge is 0.331 e. The third-order valence-electron chi connectivity index (χ3n) is 3.24. The molecule has 25 heavy (non-hydrogen) atoms. The van der Waals surface area contributed by atoms with Gasteiger partial charge in [-0.3, -0.25) is 0 Å². The molecule has 0 aliphatic heterocycles. The Kier molecular flexibility index (Phi) is 7.07. The van der Waals surface area contributed by atoms with Crippen LogP contribution in [0.5, 0.6) is 11.5 Å². The van der Waals surface area contributed by atoms with Crippen molar-refractivity contribution >= 4 is 28.0 Å². The highest BCUT2D eigenvalue weighted by molar-refractivity contribution is 9.10. The second kappa shape index (κ2) is 9.28. The summed E-state index contributed by atoms with van der Waals surface area (Å²) < 4.78 is 17.1. The zero-order valence-corrected chi connectivity index (χ0v) is 16.1. The molecule has 0 bridgehead atoms. The van der Waals surface area contributed by atoms with Crippen LogP contribution in [0.4, 0.5) is 0 Å². The van der Waals surface area contributed by atoms with Crippen molar-refractivity contribution in [2.75, 3.05) is 7.11 Å². The van der Waals surface area contributed by atoms with E-state index in [0.717, 1.165) is 15.6 Å². The second-order valence-corrected chi connectivity index (χ2v) is 6.48. The molecule has 0 N–H and O–H groups in total. The van der Waals surface area contributed by atoms with Crippen molar-refractivity contribution in [2.24, 2.45) is 0 Å². The molecule has 0 heterocycles. The molecule has 0 aromatic heterocycles. The van der Waals surface area contributed by atoms with Crippen LogP contribution < -0.4 is 9.47 Å². The maximum Gasteiger partial charge on any atom is 0.331 e. The second-order valence-electron chi connectivity index (χ2n) is 5.63. The van der Waals surface area contributed by atoms with Gasteiger partial charge < -0.3 is 14.2 Å². The molecule has 0 aliphatic rings. The fraction of sp³-hybridized carbons (Fsp3) is 0.250. The van der Waals surface area contributed by atoms with Gasteiger partial charge in [-0.15, -0.1) is 0 Å². The van der Waals surface area contributed by atoms with E-state index in [1.54, 1.807) is 13.2 Å². The monoisotopic (exact) mass is 404 g/mol. The number of hydrogen-bond donors (Lipinski definition) is 0. The summed E-state index contributed by atoms with van der Waals surface area (Å²) in [4.78, 5) is 11.6. The molecule has 0 amide bonds. The minimum Gasteiger partial charge on any atom is -0.493 e. The summed E-state index contributed by atoms with van der Waals surface area (Å²) in [5, 5.41) is 0. The molecule has 2 aromatic carbocycles. The first-order valence-corrected chi connectivity index (χ1v) is 8.72. The molecule has 132 valence electrons. The van der Waals surface area contributed by atoms with Gasteiger partial charge in [0.1, 0.15) is 6.61 Å². The molecule has 0 radical (unpaired) electrons. The van der Waals surface area contributed by atoms with E-state index >= 15 is 0 Å². The van der Waals surface area contributed by atoms with Crippen LogP contribution in [-0.2, 0) is 16.1 Å². The average Bonchev–Trinajstić information content (AvgIpc) is 2.59. The van der Waals surface area contributed by atoms with E-state index in [2.05, 4.69) is 15.9 Å². The first-order valence-electron chi connectivity index (χ1n) is 7.92. The molecule has 0 saturated heterocycles. The predicted octanol–water partition coefficient (Wildman–Crippen LogP) is 5.00. The molecule has 2 aromatic rings. The van der Waals surface area contributed by atoms with Crippen LogP contribution in [0.3, 0.4) is 0 Å². The van der Waals surface area contributed by atoms with Crippen molar-refractivity contribution in [1.29, 1.82) is 0 Å². The molecular weight excluding hydrogens is 384 g/mol. The first kappa shape index (κ1) is 19.1. The maximum absolute atomic E-state index is 11.6. The van der Waals surface area contributed by atoms with Gasteiger partial charge in [0.15, 0.2) is 11.5 Å². The highest BCUT2D eigenvalue weighted by atomic mass is 79.9. The van der Waals surface area contributed by atoms with E-state index in [4.69, 9.17) is 14.2 Å². The number of carbonyl (C=O) groups is 1. The van der Waals surface area contributed by atoms with Crippen LogP contribution in [-0.4, -0.2) is 19.2 Å². The van der Waals surface area contributed by atoms with Gasteiger partial charge in [0.05, 0.1) is 17.7 Å². The summed E-state index contributed by atoms with van der Waals surface area (Å²) in [6, 6.07) is 13.6. The molecular formula is C20H21BrO4. The maximum atomic E-state index is 11.6. The van der Waals surface area contributed by atoms with Crippen molar-refractivity contribution in [3.8, 4) is 11.5 Å². The molecule has 2 rings (SSSR count). The van der Waals surface area contributed by atoms with Gasteiger partial charge in [-0.1, -0.05) is 30.3 Å². The fourth-order valence-electron chi connectivity index (χ4n) is 2.14. The van der Waals surface area contributed by atoms with Crippen molar-refractivity contribution < 1.29 is 19.0 Å². The van der Waals surface area contributed by atoms with Gasteiger partial charge in [-0.2, -0.15) is 0 Å².